The number of carbonyl (C=O) groups excluding carboxylic acids is 4. The number of aliphatic hydroxyl groups is 1. The number of carbonyl (C=O) groups is 4. The largest absolute Gasteiger partial charge is 0.426 e. The number of aliphatic hydroxyl groups excluding tert-OH is 1. The number of hydrogen-bond acceptors (Lipinski definition) is 12. The van der Waals surface area contributed by atoms with Crippen molar-refractivity contribution >= 4 is 58.6 Å². The second kappa shape index (κ2) is 11.6. The van der Waals surface area contributed by atoms with Crippen molar-refractivity contribution in [2.24, 2.45) is 0 Å². The van der Waals surface area contributed by atoms with E-state index in [0.717, 1.165) is 5.01 Å². The van der Waals surface area contributed by atoms with E-state index in [2.05, 4.69) is 15.5 Å². The molecule has 0 saturated carbocycles. The highest BCUT2D eigenvalue weighted by atomic mass is 32.2. The molecule has 3 heterocycles. The minimum Gasteiger partial charge on any atom is -0.426 e. The van der Waals surface area contributed by atoms with Gasteiger partial charge in [-0.1, -0.05) is 53.4 Å². The molecule has 0 bridgehead atoms. The van der Waals surface area contributed by atoms with Gasteiger partial charge in [0.2, 0.25) is 6.29 Å². The summed E-state index contributed by atoms with van der Waals surface area (Å²) in [6, 6.07) is 7.45. The molecule has 2 amide bonds. The van der Waals surface area contributed by atoms with Gasteiger partial charge in [0.25, 0.3) is 11.8 Å². The molecule has 0 radical (unpaired) electrons. The van der Waals surface area contributed by atoms with E-state index < -0.39 is 47.6 Å². The van der Waals surface area contributed by atoms with Gasteiger partial charge in [-0.15, -0.1) is 22.0 Å². The van der Waals surface area contributed by atoms with Crippen LogP contribution in [-0.2, 0) is 28.7 Å². The summed E-state index contributed by atoms with van der Waals surface area (Å²) in [5.74, 6) is -1.91. The summed E-state index contributed by atoms with van der Waals surface area (Å²) >= 11 is 4.18. The molecule has 2 N–H and O–H groups in total. The summed E-state index contributed by atoms with van der Waals surface area (Å²) < 4.78 is 10.9. The SMILES string of the molecule is CC(=O)OC(C)OC(=O)C1=C(CSc2nnc(C)s2)CS[C@H]2C(NC(=O)C(O)c3ccccc3)C(=O)N12. The van der Waals surface area contributed by atoms with Crippen LogP contribution in [0.1, 0.15) is 30.5 Å². The first-order valence-corrected chi connectivity index (χ1v) is 14.0. The number of nitrogens with one attached hydrogen (secondary N) is 1. The first kappa shape index (κ1) is 27.1. The zero-order valence-electron chi connectivity index (χ0n) is 20.1. The van der Waals surface area contributed by atoms with Crippen LogP contribution in [0.25, 0.3) is 0 Å². The van der Waals surface area contributed by atoms with Crippen LogP contribution >= 0.6 is 34.9 Å². The smallest absolute Gasteiger partial charge is 0.358 e. The normalized spacial score (nSPS) is 20.4. The maximum atomic E-state index is 13.2. The Hall–Kier alpha value is -2.94. The highest BCUT2D eigenvalue weighted by molar-refractivity contribution is 8.01. The summed E-state index contributed by atoms with van der Waals surface area (Å²) in [6.45, 7) is 4.43. The Morgan fingerprint density at radius 1 is 1.24 bits per heavy atom. The van der Waals surface area contributed by atoms with Crippen LogP contribution < -0.4 is 5.32 Å². The van der Waals surface area contributed by atoms with Gasteiger partial charge in [0.05, 0.1) is 0 Å². The molecule has 1 fully saturated rings. The van der Waals surface area contributed by atoms with Gasteiger partial charge >= 0.3 is 11.9 Å². The van der Waals surface area contributed by atoms with Crippen LogP contribution in [0.2, 0.25) is 0 Å². The minimum atomic E-state index is -1.44. The number of aromatic nitrogens is 2. The molecule has 14 heteroatoms. The van der Waals surface area contributed by atoms with E-state index in [1.807, 2.05) is 6.92 Å². The molecule has 2 aliphatic rings. The molecular formula is C23H24N4O7S3. The van der Waals surface area contributed by atoms with Gasteiger partial charge in [-0.2, -0.15) is 0 Å². The van der Waals surface area contributed by atoms with Gasteiger partial charge in [0, 0.05) is 25.4 Å². The average molecular weight is 565 g/mol. The van der Waals surface area contributed by atoms with Crippen molar-refractivity contribution in [3.05, 3.63) is 52.2 Å². The third-order valence-corrected chi connectivity index (χ3v) is 8.78. The summed E-state index contributed by atoms with van der Waals surface area (Å²) in [5, 5.41) is 21.3. The van der Waals surface area contributed by atoms with Gasteiger partial charge in [-0.3, -0.25) is 19.3 Å². The predicted molar refractivity (Wildman–Crippen MR) is 136 cm³/mol. The fraction of sp³-hybridized carbons (Fsp3) is 0.391. The van der Waals surface area contributed by atoms with E-state index in [1.54, 1.807) is 30.3 Å². The number of aryl methyl sites for hydroxylation is 1. The van der Waals surface area contributed by atoms with Crippen molar-refractivity contribution < 1.29 is 33.8 Å². The van der Waals surface area contributed by atoms with Crippen LogP contribution in [0.4, 0.5) is 0 Å². The van der Waals surface area contributed by atoms with Crippen LogP contribution in [0.15, 0.2) is 45.9 Å². The zero-order chi connectivity index (χ0) is 26.7. The number of rotatable bonds is 9. The number of esters is 2. The molecular weight excluding hydrogens is 540 g/mol. The molecule has 4 atom stereocenters. The monoisotopic (exact) mass is 564 g/mol. The lowest BCUT2D eigenvalue weighted by Gasteiger charge is -2.49. The zero-order valence-corrected chi connectivity index (χ0v) is 22.5. The number of ether oxygens (including phenoxy) is 2. The molecule has 0 aliphatic carbocycles. The van der Waals surface area contributed by atoms with Gasteiger partial charge in [0.1, 0.15) is 22.1 Å². The lowest BCUT2D eigenvalue weighted by molar-refractivity contribution is -0.182. The second-order valence-electron chi connectivity index (χ2n) is 8.12. The summed E-state index contributed by atoms with van der Waals surface area (Å²) in [6.07, 6.45) is -2.60. The Bertz CT molecular complexity index is 1240. The van der Waals surface area contributed by atoms with Gasteiger partial charge in [0.15, 0.2) is 10.4 Å². The Kier molecular flexibility index (Phi) is 8.52. The van der Waals surface area contributed by atoms with Crippen molar-refractivity contribution in [2.75, 3.05) is 11.5 Å². The Morgan fingerprint density at radius 3 is 2.62 bits per heavy atom. The van der Waals surface area contributed by atoms with E-state index >= 15 is 0 Å². The molecule has 37 heavy (non-hydrogen) atoms. The van der Waals surface area contributed by atoms with Crippen molar-refractivity contribution in [3.63, 3.8) is 0 Å². The molecule has 3 unspecified atom stereocenters. The van der Waals surface area contributed by atoms with Crippen LogP contribution in [0.3, 0.4) is 0 Å². The second-order valence-corrected chi connectivity index (χ2v) is 11.6. The number of amides is 2. The number of thioether (sulfide) groups is 2. The molecule has 11 nitrogen and oxygen atoms in total. The van der Waals surface area contributed by atoms with Crippen molar-refractivity contribution in [3.8, 4) is 0 Å². The van der Waals surface area contributed by atoms with E-state index in [4.69, 9.17) is 9.47 Å². The average Bonchev–Trinajstić information content (AvgIpc) is 3.29. The maximum Gasteiger partial charge on any atom is 0.358 e. The summed E-state index contributed by atoms with van der Waals surface area (Å²) in [5.41, 5.74) is 1.09. The topological polar surface area (TPSA) is 148 Å². The Balaban J connectivity index is 1.51. The standard InChI is InChI=1S/C23H24N4O7S3/c1-11-25-26-23(37-11)36-10-15-9-35-21-16(24-19(30)18(29)14-7-5-4-6-8-14)20(31)27(21)17(15)22(32)34-13(3)33-12(2)28/h4-8,13,16,18,21,29H,9-10H2,1-3H3,(H,24,30)/t13?,16?,18?,21-/m0/s1. The number of benzene rings is 1. The van der Waals surface area contributed by atoms with Crippen LogP contribution in [0, 0.1) is 6.92 Å². The number of β-lactam (4-membered cyclic amide) rings is 1. The van der Waals surface area contributed by atoms with Crippen molar-refractivity contribution in [1.29, 1.82) is 0 Å². The molecule has 196 valence electrons. The van der Waals surface area contributed by atoms with Gasteiger partial charge in [-0.05, 0) is 18.1 Å². The van der Waals surface area contributed by atoms with Crippen LogP contribution in [0.5, 0.6) is 0 Å². The molecule has 2 aliphatic heterocycles. The highest BCUT2D eigenvalue weighted by Gasteiger charge is 2.54. The number of fused-ring (bicyclic) bond motifs is 1. The van der Waals surface area contributed by atoms with Crippen molar-refractivity contribution in [1.82, 2.24) is 20.4 Å². The highest BCUT2D eigenvalue weighted by Crippen LogP contribution is 2.42. The first-order chi connectivity index (χ1) is 17.7. The van der Waals surface area contributed by atoms with Crippen molar-refractivity contribution in [2.45, 2.75) is 48.9 Å². The Morgan fingerprint density at radius 2 is 1.97 bits per heavy atom. The fourth-order valence-electron chi connectivity index (χ4n) is 3.75. The quantitative estimate of drug-likeness (QED) is 0.199. The number of nitrogens with zero attached hydrogens (tertiary/aromatic N) is 3. The summed E-state index contributed by atoms with van der Waals surface area (Å²) in [7, 11) is 0. The van der Waals surface area contributed by atoms with E-state index in [0.29, 0.717) is 27.0 Å². The molecule has 1 saturated heterocycles. The first-order valence-electron chi connectivity index (χ1n) is 11.2. The summed E-state index contributed by atoms with van der Waals surface area (Å²) in [4.78, 5) is 51.5. The molecule has 1 aromatic heterocycles. The van der Waals surface area contributed by atoms with E-state index in [-0.39, 0.29) is 5.70 Å². The van der Waals surface area contributed by atoms with Gasteiger partial charge in [-0.25, -0.2) is 4.79 Å². The lowest BCUT2D eigenvalue weighted by atomic mass is 10.0. The molecule has 2 aromatic rings. The Labute approximate surface area is 225 Å². The fourth-order valence-corrected chi connectivity index (χ4v) is 7.05. The number of hydrogen-bond donors (Lipinski definition) is 2. The minimum absolute atomic E-state index is 0.0515. The maximum absolute atomic E-state index is 13.2. The van der Waals surface area contributed by atoms with Gasteiger partial charge < -0.3 is 19.9 Å². The molecule has 0 spiro atoms. The third-order valence-electron chi connectivity index (χ3n) is 5.38. The lowest BCUT2D eigenvalue weighted by Crippen LogP contribution is -2.71. The molecule has 4 rings (SSSR count). The van der Waals surface area contributed by atoms with E-state index in [9.17, 15) is 24.3 Å². The molecule has 1 aromatic carbocycles. The van der Waals surface area contributed by atoms with Crippen LogP contribution in [-0.4, -0.2) is 73.2 Å². The predicted octanol–water partition coefficient (Wildman–Crippen LogP) is 1.78. The third kappa shape index (κ3) is 6.14. The van der Waals surface area contributed by atoms with E-state index in [1.165, 1.54) is 53.6 Å².